The lowest BCUT2D eigenvalue weighted by molar-refractivity contribution is -0.179. The Bertz CT molecular complexity index is 385. The second-order valence-electron chi connectivity index (χ2n) is 8.45. The number of rotatable bonds is 2. The van der Waals surface area contributed by atoms with Gasteiger partial charge in [0.2, 0.25) is 0 Å². The first-order valence-corrected chi connectivity index (χ1v) is 7.98. The molecule has 4 nitrogen and oxygen atoms in total. The molecule has 0 aromatic carbocycles. The molecule has 0 aromatic heterocycles. The monoisotopic (exact) mass is 280 g/mol. The van der Waals surface area contributed by atoms with Gasteiger partial charge in [0.25, 0.3) is 0 Å². The fourth-order valence-electron chi connectivity index (χ4n) is 4.71. The zero-order chi connectivity index (χ0) is 14.6. The van der Waals surface area contributed by atoms with Gasteiger partial charge in [-0.05, 0) is 77.0 Å². The highest BCUT2D eigenvalue weighted by atomic mass is 16.6. The Kier molecular flexibility index (Phi) is 3.09. The van der Waals surface area contributed by atoms with Crippen LogP contribution in [0.2, 0.25) is 0 Å². The van der Waals surface area contributed by atoms with Crippen LogP contribution in [0.25, 0.3) is 0 Å². The molecule has 0 atom stereocenters. The van der Waals surface area contributed by atoms with Crippen LogP contribution in [0.15, 0.2) is 0 Å². The van der Waals surface area contributed by atoms with Crippen LogP contribution in [0, 0.1) is 11.3 Å². The highest BCUT2D eigenvalue weighted by molar-refractivity contribution is 5.68. The lowest BCUT2D eigenvalue weighted by Crippen LogP contribution is -2.74. The minimum absolute atomic E-state index is 0.214. The van der Waals surface area contributed by atoms with E-state index in [-0.39, 0.29) is 11.6 Å². The second kappa shape index (κ2) is 4.36. The number of alkyl carbamates (subject to hydrolysis) is 1. The van der Waals surface area contributed by atoms with Gasteiger partial charge < -0.3 is 15.8 Å². The molecule has 4 saturated carbocycles. The average molecular weight is 280 g/mol. The van der Waals surface area contributed by atoms with E-state index in [0.717, 1.165) is 18.8 Å². The summed E-state index contributed by atoms with van der Waals surface area (Å²) in [6.07, 6.45) is 8.10. The molecule has 0 radical (unpaired) electrons. The van der Waals surface area contributed by atoms with Gasteiger partial charge in [0.05, 0.1) is 0 Å². The van der Waals surface area contributed by atoms with E-state index in [1.54, 1.807) is 0 Å². The summed E-state index contributed by atoms with van der Waals surface area (Å²) in [5.41, 5.74) is 6.55. The van der Waals surface area contributed by atoms with E-state index in [1.807, 2.05) is 20.8 Å². The van der Waals surface area contributed by atoms with Crippen LogP contribution in [-0.2, 0) is 4.74 Å². The van der Waals surface area contributed by atoms with Crippen molar-refractivity contribution in [1.82, 2.24) is 5.32 Å². The molecule has 1 amide bonds. The van der Waals surface area contributed by atoms with Crippen molar-refractivity contribution in [3.8, 4) is 0 Å². The molecule has 2 bridgehead atoms. The number of amides is 1. The fourth-order valence-corrected chi connectivity index (χ4v) is 4.71. The molecule has 4 heteroatoms. The summed E-state index contributed by atoms with van der Waals surface area (Å²) >= 11 is 0. The fraction of sp³-hybridized carbons (Fsp3) is 0.938. The first-order chi connectivity index (χ1) is 9.20. The highest BCUT2D eigenvalue weighted by Crippen LogP contribution is 2.71. The van der Waals surface area contributed by atoms with Gasteiger partial charge in [-0.25, -0.2) is 4.79 Å². The molecule has 3 N–H and O–H groups in total. The standard InChI is InChI=1S/C16H28N2O2/c1-14(2,3)20-13(19)18-12-6-4-11(5-7-12)15-8-16(17,9-15)10-15/h11-12H,4-10,17H2,1-3H3,(H,18,19). The van der Waals surface area contributed by atoms with Gasteiger partial charge in [0, 0.05) is 11.6 Å². The predicted molar refractivity (Wildman–Crippen MR) is 78.3 cm³/mol. The second-order valence-corrected chi connectivity index (χ2v) is 8.45. The molecular weight excluding hydrogens is 252 g/mol. The summed E-state index contributed by atoms with van der Waals surface area (Å²) in [6.45, 7) is 5.69. The molecule has 4 fully saturated rings. The van der Waals surface area contributed by atoms with Crippen LogP contribution in [0.3, 0.4) is 0 Å². The van der Waals surface area contributed by atoms with Crippen LogP contribution in [0.1, 0.15) is 65.7 Å². The third-order valence-electron chi connectivity index (χ3n) is 5.43. The van der Waals surface area contributed by atoms with E-state index in [1.165, 1.54) is 32.1 Å². The third kappa shape index (κ3) is 2.54. The summed E-state index contributed by atoms with van der Waals surface area (Å²) in [5, 5.41) is 3.02. The lowest BCUT2D eigenvalue weighted by atomic mass is 9.35. The molecular formula is C16H28N2O2. The molecule has 0 aromatic rings. The maximum absolute atomic E-state index is 11.8. The molecule has 4 rings (SSSR count). The number of hydrogen-bond acceptors (Lipinski definition) is 3. The van der Waals surface area contributed by atoms with E-state index >= 15 is 0 Å². The van der Waals surface area contributed by atoms with E-state index in [9.17, 15) is 4.79 Å². The van der Waals surface area contributed by atoms with Crippen molar-refractivity contribution in [3.05, 3.63) is 0 Å². The van der Waals surface area contributed by atoms with E-state index in [2.05, 4.69) is 5.32 Å². The van der Waals surface area contributed by atoms with Gasteiger partial charge in [0.1, 0.15) is 5.60 Å². The lowest BCUT2D eigenvalue weighted by Gasteiger charge is -2.72. The minimum Gasteiger partial charge on any atom is -0.444 e. The van der Waals surface area contributed by atoms with Gasteiger partial charge in [-0.15, -0.1) is 0 Å². The average Bonchev–Trinajstić information content (AvgIpc) is 2.22. The zero-order valence-electron chi connectivity index (χ0n) is 13.0. The number of carbonyl (C=O) groups is 1. The van der Waals surface area contributed by atoms with Crippen molar-refractivity contribution in [3.63, 3.8) is 0 Å². The molecule has 20 heavy (non-hydrogen) atoms. The van der Waals surface area contributed by atoms with Crippen LogP contribution in [-0.4, -0.2) is 23.3 Å². The smallest absolute Gasteiger partial charge is 0.407 e. The summed E-state index contributed by atoms with van der Waals surface area (Å²) in [6, 6.07) is 0.292. The van der Waals surface area contributed by atoms with Crippen LogP contribution < -0.4 is 11.1 Å². The molecule has 0 aliphatic heterocycles. The normalized spacial score (nSPS) is 43.2. The number of nitrogens with one attached hydrogen (secondary N) is 1. The summed E-state index contributed by atoms with van der Waals surface area (Å²) in [7, 11) is 0. The van der Waals surface area contributed by atoms with Gasteiger partial charge in [0.15, 0.2) is 0 Å². The quantitative estimate of drug-likeness (QED) is 0.817. The molecule has 0 spiro atoms. The van der Waals surface area contributed by atoms with E-state index < -0.39 is 5.60 Å². The number of nitrogens with two attached hydrogens (primary N) is 1. The molecule has 0 heterocycles. The summed E-state index contributed by atoms with van der Waals surface area (Å²) < 4.78 is 5.32. The zero-order valence-corrected chi connectivity index (χ0v) is 13.0. The number of carbonyl (C=O) groups excluding carboxylic acids is 1. The van der Waals surface area contributed by atoms with Gasteiger partial charge in [-0.1, -0.05) is 0 Å². The Morgan fingerprint density at radius 3 is 2.15 bits per heavy atom. The van der Waals surface area contributed by atoms with Crippen molar-refractivity contribution >= 4 is 6.09 Å². The summed E-state index contributed by atoms with van der Waals surface area (Å²) in [5.74, 6) is 0.838. The highest BCUT2D eigenvalue weighted by Gasteiger charge is 2.68. The van der Waals surface area contributed by atoms with Gasteiger partial charge >= 0.3 is 6.09 Å². The number of hydrogen-bond donors (Lipinski definition) is 2. The van der Waals surface area contributed by atoms with Crippen molar-refractivity contribution < 1.29 is 9.53 Å². The molecule has 114 valence electrons. The molecule has 4 aliphatic rings. The topological polar surface area (TPSA) is 64.3 Å². The first-order valence-electron chi connectivity index (χ1n) is 7.98. The minimum atomic E-state index is -0.414. The Balaban J connectivity index is 1.42. The van der Waals surface area contributed by atoms with Crippen LogP contribution in [0.4, 0.5) is 4.79 Å². The largest absolute Gasteiger partial charge is 0.444 e. The van der Waals surface area contributed by atoms with E-state index in [4.69, 9.17) is 10.5 Å². The van der Waals surface area contributed by atoms with Crippen molar-refractivity contribution in [2.24, 2.45) is 17.1 Å². The molecule has 0 unspecified atom stereocenters. The number of ether oxygens (including phenoxy) is 1. The third-order valence-corrected chi connectivity index (χ3v) is 5.43. The Morgan fingerprint density at radius 1 is 1.15 bits per heavy atom. The van der Waals surface area contributed by atoms with Crippen molar-refractivity contribution in [2.45, 2.75) is 82.9 Å². The first kappa shape index (κ1) is 14.2. The van der Waals surface area contributed by atoms with E-state index in [0.29, 0.717) is 11.5 Å². The summed E-state index contributed by atoms with van der Waals surface area (Å²) in [4.78, 5) is 11.8. The van der Waals surface area contributed by atoms with Crippen molar-refractivity contribution in [1.29, 1.82) is 0 Å². The molecule has 4 aliphatic carbocycles. The Morgan fingerprint density at radius 2 is 1.70 bits per heavy atom. The maximum Gasteiger partial charge on any atom is 0.407 e. The van der Waals surface area contributed by atoms with Crippen LogP contribution in [0.5, 0.6) is 0 Å². The molecule has 0 saturated heterocycles. The van der Waals surface area contributed by atoms with Crippen LogP contribution >= 0.6 is 0 Å². The van der Waals surface area contributed by atoms with Gasteiger partial charge in [-0.3, -0.25) is 0 Å². The maximum atomic E-state index is 11.8. The van der Waals surface area contributed by atoms with Gasteiger partial charge in [-0.2, -0.15) is 0 Å². The Labute approximate surface area is 121 Å². The SMILES string of the molecule is CC(C)(C)OC(=O)NC1CCC(C23CC(N)(C2)C3)CC1. The van der Waals surface area contributed by atoms with Crippen molar-refractivity contribution in [2.75, 3.05) is 0 Å². The predicted octanol–water partition coefficient (Wildman–Crippen LogP) is 2.95. The Hall–Kier alpha value is -0.770.